The summed E-state index contributed by atoms with van der Waals surface area (Å²) in [4.78, 5) is 0. The second-order valence-electron chi connectivity index (χ2n) is 7.30. The van der Waals surface area contributed by atoms with E-state index in [2.05, 4.69) is 60.7 Å². The average Bonchev–Trinajstić information content (AvgIpc) is 2.12. The third kappa shape index (κ3) is 6.52. The highest BCUT2D eigenvalue weighted by atomic mass is 14.9. The van der Waals surface area contributed by atoms with Crippen molar-refractivity contribution in [3.8, 4) is 0 Å². The quantitative estimate of drug-likeness (QED) is 0.706. The molecule has 0 rings (SSSR count). The smallest absolute Gasteiger partial charge is 0.00439 e. The fraction of sp³-hybridized carbons (Fsp3) is 1.00. The van der Waals surface area contributed by atoms with Crippen LogP contribution in [0.2, 0.25) is 0 Å². The molecule has 0 amide bonds. The highest BCUT2D eigenvalue weighted by molar-refractivity contribution is 4.77. The number of hydrogen-bond donors (Lipinski definition) is 1. The Labute approximate surface area is 103 Å². The Morgan fingerprint density at radius 2 is 1.50 bits per heavy atom. The van der Waals surface area contributed by atoms with Gasteiger partial charge in [-0.3, -0.25) is 0 Å². The van der Waals surface area contributed by atoms with Crippen LogP contribution in [-0.4, -0.2) is 12.6 Å². The van der Waals surface area contributed by atoms with Crippen LogP contribution in [0.5, 0.6) is 0 Å². The highest BCUT2D eigenvalue weighted by Gasteiger charge is 2.22. The first kappa shape index (κ1) is 16.0. The van der Waals surface area contributed by atoms with E-state index in [1.807, 2.05) is 0 Å². The first-order chi connectivity index (χ1) is 7.08. The normalized spacial score (nSPS) is 17.2. The van der Waals surface area contributed by atoms with E-state index in [4.69, 9.17) is 0 Å². The molecule has 2 atom stereocenters. The zero-order valence-electron chi connectivity index (χ0n) is 12.8. The molecule has 1 heteroatoms. The first-order valence-electron chi connectivity index (χ1n) is 6.82. The van der Waals surface area contributed by atoms with Crippen molar-refractivity contribution in [3.05, 3.63) is 0 Å². The molecule has 2 unspecified atom stereocenters. The van der Waals surface area contributed by atoms with Crippen molar-refractivity contribution in [2.75, 3.05) is 6.54 Å². The minimum atomic E-state index is 0.410. The summed E-state index contributed by atoms with van der Waals surface area (Å²) in [6.45, 7) is 19.7. The van der Waals surface area contributed by atoms with Gasteiger partial charge in [0.2, 0.25) is 0 Å². The molecule has 0 spiro atoms. The molecule has 0 radical (unpaired) electrons. The summed E-state index contributed by atoms with van der Waals surface area (Å²) in [5.74, 6) is 0.722. The zero-order valence-corrected chi connectivity index (χ0v) is 12.8. The maximum atomic E-state index is 3.68. The van der Waals surface area contributed by atoms with Gasteiger partial charge in [-0.15, -0.1) is 0 Å². The molecule has 0 heterocycles. The summed E-state index contributed by atoms with van der Waals surface area (Å²) >= 11 is 0. The van der Waals surface area contributed by atoms with Crippen molar-refractivity contribution in [2.24, 2.45) is 16.7 Å². The molecule has 0 fully saturated rings. The Morgan fingerprint density at radius 1 is 1.00 bits per heavy atom. The molecule has 1 N–H and O–H groups in total. The highest BCUT2D eigenvalue weighted by Crippen LogP contribution is 2.27. The first-order valence-corrected chi connectivity index (χ1v) is 6.82. The molecule has 0 aromatic heterocycles. The van der Waals surface area contributed by atoms with Gasteiger partial charge in [0.15, 0.2) is 0 Å². The minimum absolute atomic E-state index is 0.410. The zero-order chi connectivity index (χ0) is 13.0. The predicted octanol–water partition coefficient (Wildman–Crippen LogP) is 4.47. The summed E-state index contributed by atoms with van der Waals surface area (Å²) in [6.07, 6.45) is 2.52. The second kappa shape index (κ2) is 6.05. The largest absolute Gasteiger partial charge is 0.314 e. The lowest BCUT2D eigenvalue weighted by Crippen LogP contribution is -2.37. The summed E-state index contributed by atoms with van der Waals surface area (Å²) < 4.78 is 0. The van der Waals surface area contributed by atoms with Crippen LogP contribution in [0.3, 0.4) is 0 Å². The molecule has 16 heavy (non-hydrogen) atoms. The van der Waals surface area contributed by atoms with Gasteiger partial charge in [0.25, 0.3) is 0 Å². The van der Waals surface area contributed by atoms with Crippen molar-refractivity contribution in [3.63, 3.8) is 0 Å². The maximum absolute atomic E-state index is 3.68. The van der Waals surface area contributed by atoms with Gasteiger partial charge in [0, 0.05) is 6.04 Å². The lowest BCUT2D eigenvalue weighted by molar-refractivity contribution is 0.226. The molecule has 98 valence electrons. The molecule has 1 nitrogen and oxygen atoms in total. The van der Waals surface area contributed by atoms with Crippen LogP contribution in [0.15, 0.2) is 0 Å². The van der Waals surface area contributed by atoms with Crippen LogP contribution in [0, 0.1) is 16.7 Å². The van der Waals surface area contributed by atoms with Crippen molar-refractivity contribution < 1.29 is 0 Å². The fourth-order valence-corrected chi connectivity index (χ4v) is 1.73. The summed E-state index contributed by atoms with van der Waals surface area (Å²) in [6, 6.07) is 0.625. The van der Waals surface area contributed by atoms with E-state index in [0.717, 1.165) is 12.5 Å². The van der Waals surface area contributed by atoms with Crippen molar-refractivity contribution in [1.82, 2.24) is 5.32 Å². The van der Waals surface area contributed by atoms with Gasteiger partial charge in [-0.2, -0.15) is 0 Å². The van der Waals surface area contributed by atoms with Crippen LogP contribution >= 0.6 is 0 Å². The maximum Gasteiger partial charge on any atom is 0.00439 e. The Bertz CT molecular complexity index is 188. The Morgan fingerprint density at radius 3 is 1.88 bits per heavy atom. The van der Waals surface area contributed by atoms with Crippen molar-refractivity contribution >= 4 is 0 Å². The lowest BCUT2D eigenvalue weighted by Gasteiger charge is -2.31. The topological polar surface area (TPSA) is 12.0 Å². The lowest BCUT2D eigenvalue weighted by atomic mass is 9.81. The molecule has 0 aliphatic carbocycles. The molecule has 0 aromatic rings. The van der Waals surface area contributed by atoms with Crippen LogP contribution in [0.4, 0.5) is 0 Å². The number of nitrogens with one attached hydrogen (secondary N) is 1. The predicted molar refractivity (Wildman–Crippen MR) is 74.8 cm³/mol. The van der Waals surface area contributed by atoms with E-state index in [-0.39, 0.29) is 0 Å². The summed E-state index contributed by atoms with van der Waals surface area (Å²) in [5.41, 5.74) is 0.879. The van der Waals surface area contributed by atoms with E-state index in [1.165, 1.54) is 12.8 Å². The molecule has 0 aromatic carbocycles. The molecule has 0 aliphatic rings. The van der Waals surface area contributed by atoms with E-state index in [1.54, 1.807) is 0 Å². The van der Waals surface area contributed by atoms with Crippen molar-refractivity contribution in [2.45, 2.75) is 74.3 Å². The Hall–Kier alpha value is -0.0400. The molecular formula is C15H33N. The number of rotatable bonds is 6. The van der Waals surface area contributed by atoms with E-state index < -0.39 is 0 Å². The fourth-order valence-electron chi connectivity index (χ4n) is 1.73. The van der Waals surface area contributed by atoms with Crippen LogP contribution in [-0.2, 0) is 0 Å². The van der Waals surface area contributed by atoms with Crippen LogP contribution in [0.25, 0.3) is 0 Å². The molecule has 0 saturated heterocycles. The molecular weight excluding hydrogens is 194 g/mol. The van der Waals surface area contributed by atoms with Gasteiger partial charge < -0.3 is 5.32 Å². The van der Waals surface area contributed by atoms with Gasteiger partial charge in [0.1, 0.15) is 0 Å². The van der Waals surface area contributed by atoms with E-state index >= 15 is 0 Å². The second-order valence-corrected chi connectivity index (χ2v) is 7.30. The van der Waals surface area contributed by atoms with E-state index in [9.17, 15) is 0 Å². The average molecular weight is 227 g/mol. The van der Waals surface area contributed by atoms with Crippen molar-refractivity contribution in [1.29, 1.82) is 0 Å². The SMILES string of the molecule is CCC(C)(C)CC(C)NCC(C)C(C)(C)C. The molecule has 0 bridgehead atoms. The monoisotopic (exact) mass is 227 g/mol. The van der Waals surface area contributed by atoms with Gasteiger partial charge >= 0.3 is 0 Å². The van der Waals surface area contributed by atoms with Gasteiger partial charge in [0.05, 0.1) is 0 Å². The van der Waals surface area contributed by atoms with E-state index in [0.29, 0.717) is 16.9 Å². The summed E-state index contributed by atoms with van der Waals surface area (Å²) in [7, 11) is 0. The van der Waals surface area contributed by atoms with Crippen LogP contribution < -0.4 is 5.32 Å². The Balaban J connectivity index is 3.95. The molecule has 0 saturated carbocycles. The van der Waals surface area contributed by atoms with Gasteiger partial charge in [-0.25, -0.2) is 0 Å². The molecule has 0 aliphatic heterocycles. The third-order valence-corrected chi connectivity index (χ3v) is 4.07. The van der Waals surface area contributed by atoms with Gasteiger partial charge in [-0.1, -0.05) is 54.9 Å². The van der Waals surface area contributed by atoms with Crippen LogP contribution in [0.1, 0.15) is 68.2 Å². The standard InChI is InChI=1S/C15H33N/c1-9-15(7,8)10-13(3)16-11-12(2)14(4,5)6/h12-13,16H,9-11H2,1-8H3. The summed E-state index contributed by atoms with van der Waals surface area (Å²) in [5, 5.41) is 3.68. The van der Waals surface area contributed by atoms with Gasteiger partial charge in [-0.05, 0) is 36.6 Å². The number of hydrogen-bond acceptors (Lipinski definition) is 1. The minimum Gasteiger partial charge on any atom is -0.314 e. The Kier molecular flexibility index (Phi) is 6.03. The third-order valence-electron chi connectivity index (χ3n) is 4.07.